The molecule has 0 aliphatic heterocycles. The second-order valence-corrected chi connectivity index (χ2v) is 5.59. The summed E-state index contributed by atoms with van der Waals surface area (Å²) in [4.78, 5) is 28.5. The van der Waals surface area contributed by atoms with Crippen LogP contribution in [0.5, 0.6) is 0 Å². The Balaban J connectivity index is 1.76. The van der Waals surface area contributed by atoms with Gasteiger partial charge in [-0.1, -0.05) is 24.3 Å². The minimum absolute atomic E-state index is 0.508. The molecule has 24 heavy (non-hydrogen) atoms. The predicted molar refractivity (Wildman–Crippen MR) is 94.9 cm³/mol. The molecule has 2 aromatic carbocycles. The van der Waals surface area contributed by atoms with Crippen molar-refractivity contribution in [1.82, 2.24) is 4.98 Å². The van der Waals surface area contributed by atoms with Crippen molar-refractivity contribution in [3.8, 4) is 0 Å². The van der Waals surface area contributed by atoms with Crippen LogP contribution in [0.4, 0.5) is 11.4 Å². The van der Waals surface area contributed by atoms with Crippen LogP contribution in [-0.2, 0) is 9.59 Å². The van der Waals surface area contributed by atoms with E-state index in [0.717, 1.165) is 16.5 Å². The SMILES string of the molecule is Cc1ccc(NC(=O)C(=O)Nc2cccc3cccnc23)cc1C. The molecule has 5 nitrogen and oxygen atoms in total. The first-order valence-corrected chi connectivity index (χ1v) is 7.58. The molecular weight excluding hydrogens is 302 g/mol. The van der Waals surface area contributed by atoms with Gasteiger partial charge < -0.3 is 10.6 Å². The van der Waals surface area contributed by atoms with Gasteiger partial charge in [0.2, 0.25) is 0 Å². The lowest BCUT2D eigenvalue weighted by Crippen LogP contribution is -2.29. The number of benzene rings is 2. The number of amides is 2. The average Bonchev–Trinajstić information content (AvgIpc) is 2.58. The second-order valence-electron chi connectivity index (χ2n) is 5.59. The Bertz CT molecular complexity index is 930. The van der Waals surface area contributed by atoms with Gasteiger partial charge in [-0.05, 0) is 49.2 Å². The van der Waals surface area contributed by atoms with Crippen LogP contribution in [0.15, 0.2) is 54.7 Å². The number of rotatable bonds is 2. The van der Waals surface area contributed by atoms with Crippen LogP contribution in [0.3, 0.4) is 0 Å². The van der Waals surface area contributed by atoms with Gasteiger partial charge in [0.25, 0.3) is 0 Å². The Morgan fingerprint density at radius 1 is 0.875 bits per heavy atom. The molecular formula is C19H17N3O2. The molecule has 0 unspecified atom stereocenters. The number of hydrogen-bond acceptors (Lipinski definition) is 3. The quantitative estimate of drug-likeness (QED) is 0.711. The van der Waals surface area contributed by atoms with Crippen molar-refractivity contribution in [2.75, 3.05) is 10.6 Å². The average molecular weight is 319 g/mol. The normalized spacial score (nSPS) is 10.4. The van der Waals surface area contributed by atoms with Gasteiger partial charge in [0.15, 0.2) is 0 Å². The molecule has 3 aromatic rings. The van der Waals surface area contributed by atoms with E-state index in [1.54, 1.807) is 24.4 Å². The van der Waals surface area contributed by atoms with Gasteiger partial charge >= 0.3 is 11.8 Å². The fraction of sp³-hybridized carbons (Fsp3) is 0.105. The lowest BCUT2D eigenvalue weighted by molar-refractivity contribution is -0.132. The van der Waals surface area contributed by atoms with Crippen molar-refractivity contribution in [3.63, 3.8) is 0 Å². The van der Waals surface area contributed by atoms with Crippen molar-refractivity contribution < 1.29 is 9.59 Å². The number of nitrogens with zero attached hydrogens (tertiary/aromatic N) is 1. The standard InChI is InChI=1S/C19H17N3O2/c1-12-8-9-15(11-13(12)2)21-18(23)19(24)22-16-7-3-5-14-6-4-10-20-17(14)16/h3-11H,1-2H3,(H,21,23)(H,22,24). The van der Waals surface area contributed by atoms with Crippen LogP contribution < -0.4 is 10.6 Å². The maximum atomic E-state index is 12.2. The number of anilines is 2. The fourth-order valence-electron chi connectivity index (χ4n) is 2.39. The molecule has 0 saturated heterocycles. The number of fused-ring (bicyclic) bond motifs is 1. The molecule has 0 aliphatic carbocycles. The molecule has 120 valence electrons. The van der Waals surface area contributed by atoms with Crippen LogP contribution in [-0.4, -0.2) is 16.8 Å². The van der Waals surface area contributed by atoms with E-state index in [0.29, 0.717) is 16.9 Å². The first kappa shape index (κ1) is 15.7. The van der Waals surface area contributed by atoms with E-state index in [2.05, 4.69) is 15.6 Å². The number of pyridine rings is 1. The van der Waals surface area contributed by atoms with Gasteiger partial charge in [0.1, 0.15) is 0 Å². The van der Waals surface area contributed by atoms with E-state index in [9.17, 15) is 9.59 Å². The molecule has 0 saturated carbocycles. The van der Waals surface area contributed by atoms with Gasteiger partial charge in [0.05, 0.1) is 11.2 Å². The van der Waals surface area contributed by atoms with Crippen molar-refractivity contribution in [3.05, 3.63) is 65.9 Å². The van der Waals surface area contributed by atoms with E-state index in [1.807, 2.05) is 44.2 Å². The number of carbonyl (C=O) groups excluding carboxylic acids is 2. The summed E-state index contributed by atoms with van der Waals surface area (Å²) in [5.74, 6) is -1.45. The molecule has 0 radical (unpaired) electrons. The van der Waals surface area contributed by atoms with Gasteiger partial charge in [0, 0.05) is 17.3 Å². The minimum atomic E-state index is -0.730. The highest BCUT2D eigenvalue weighted by Gasteiger charge is 2.15. The number of carbonyl (C=O) groups is 2. The van der Waals surface area contributed by atoms with Crippen LogP contribution in [0.1, 0.15) is 11.1 Å². The largest absolute Gasteiger partial charge is 0.318 e. The molecule has 2 amide bonds. The summed E-state index contributed by atoms with van der Waals surface area (Å²) < 4.78 is 0. The Labute approximate surface area is 139 Å². The maximum absolute atomic E-state index is 12.2. The maximum Gasteiger partial charge on any atom is 0.314 e. The zero-order chi connectivity index (χ0) is 17.1. The fourth-order valence-corrected chi connectivity index (χ4v) is 2.39. The number of hydrogen-bond donors (Lipinski definition) is 2. The van der Waals surface area contributed by atoms with E-state index in [1.165, 1.54) is 0 Å². The Kier molecular flexibility index (Phi) is 4.24. The van der Waals surface area contributed by atoms with E-state index >= 15 is 0 Å². The van der Waals surface area contributed by atoms with Gasteiger partial charge in [-0.3, -0.25) is 14.6 Å². The first-order valence-electron chi connectivity index (χ1n) is 7.58. The third kappa shape index (κ3) is 3.25. The molecule has 0 spiro atoms. The molecule has 5 heteroatoms. The Morgan fingerprint density at radius 3 is 2.42 bits per heavy atom. The second kappa shape index (κ2) is 6.50. The number of aryl methyl sites for hydroxylation is 2. The highest BCUT2D eigenvalue weighted by Crippen LogP contribution is 2.20. The van der Waals surface area contributed by atoms with Crippen molar-refractivity contribution in [1.29, 1.82) is 0 Å². The van der Waals surface area contributed by atoms with Gasteiger partial charge in [-0.2, -0.15) is 0 Å². The summed E-state index contributed by atoms with van der Waals surface area (Å²) in [6.07, 6.45) is 1.65. The van der Waals surface area contributed by atoms with E-state index in [-0.39, 0.29) is 0 Å². The lowest BCUT2D eigenvalue weighted by Gasteiger charge is -2.09. The smallest absolute Gasteiger partial charge is 0.314 e. The summed E-state index contributed by atoms with van der Waals surface area (Å²) in [7, 11) is 0. The highest BCUT2D eigenvalue weighted by atomic mass is 16.2. The predicted octanol–water partition coefficient (Wildman–Crippen LogP) is 3.43. The monoisotopic (exact) mass is 319 g/mol. The summed E-state index contributed by atoms with van der Waals surface area (Å²) in [6.45, 7) is 3.94. The minimum Gasteiger partial charge on any atom is -0.318 e. The number of para-hydroxylation sites is 1. The molecule has 1 heterocycles. The van der Waals surface area contributed by atoms with E-state index in [4.69, 9.17) is 0 Å². The number of aromatic nitrogens is 1. The van der Waals surface area contributed by atoms with Gasteiger partial charge in [-0.25, -0.2) is 0 Å². The summed E-state index contributed by atoms with van der Waals surface area (Å²) in [5.41, 5.74) is 3.92. The zero-order valence-corrected chi connectivity index (χ0v) is 13.5. The summed E-state index contributed by atoms with van der Waals surface area (Å²) >= 11 is 0. The molecule has 3 rings (SSSR count). The first-order chi connectivity index (χ1) is 11.5. The van der Waals surface area contributed by atoms with Crippen molar-refractivity contribution >= 4 is 34.1 Å². The summed E-state index contributed by atoms with van der Waals surface area (Å²) in [5, 5.41) is 6.12. The third-order valence-electron chi connectivity index (χ3n) is 3.85. The molecule has 2 N–H and O–H groups in total. The van der Waals surface area contributed by atoms with Crippen LogP contribution in [0.25, 0.3) is 10.9 Å². The zero-order valence-electron chi connectivity index (χ0n) is 13.5. The molecule has 0 aliphatic rings. The Morgan fingerprint density at radius 2 is 1.62 bits per heavy atom. The lowest BCUT2D eigenvalue weighted by atomic mass is 10.1. The van der Waals surface area contributed by atoms with Crippen molar-refractivity contribution in [2.45, 2.75) is 13.8 Å². The molecule has 0 atom stereocenters. The van der Waals surface area contributed by atoms with Gasteiger partial charge in [-0.15, -0.1) is 0 Å². The highest BCUT2D eigenvalue weighted by molar-refractivity contribution is 6.44. The summed E-state index contributed by atoms with van der Waals surface area (Å²) in [6, 6.07) is 14.6. The van der Waals surface area contributed by atoms with E-state index < -0.39 is 11.8 Å². The van der Waals surface area contributed by atoms with Crippen LogP contribution in [0, 0.1) is 13.8 Å². The molecule has 0 fully saturated rings. The number of nitrogens with one attached hydrogen (secondary N) is 2. The topological polar surface area (TPSA) is 71.1 Å². The molecule has 1 aromatic heterocycles. The third-order valence-corrected chi connectivity index (χ3v) is 3.85. The van der Waals surface area contributed by atoms with Crippen LogP contribution >= 0.6 is 0 Å². The molecule has 0 bridgehead atoms. The Hall–Kier alpha value is -3.21. The van der Waals surface area contributed by atoms with Crippen LogP contribution in [0.2, 0.25) is 0 Å². The van der Waals surface area contributed by atoms with Crippen molar-refractivity contribution in [2.24, 2.45) is 0 Å².